The first-order chi connectivity index (χ1) is 8.02. The lowest BCUT2D eigenvalue weighted by atomic mass is 10.1. The second-order valence-electron chi connectivity index (χ2n) is 3.07. The Hall–Kier alpha value is -0.830. The summed E-state index contributed by atoms with van der Waals surface area (Å²) in [6, 6.07) is 0. The molecule has 0 bridgehead atoms. The van der Waals surface area contributed by atoms with Gasteiger partial charge in [0.1, 0.15) is 5.69 Å². The number of pyridine rings is 1. The van der Waals surface area contributed by atoms with Crippen LogP contribution < -0.4 is 5.73 Å². The van der Waals surface area contributed by atoms with Gasteiger partial charge in [-0.25, -0.2) is 13.6 Å². The van der Waals surface area contributed by atoms with Crippen molar-refractivity contribution in [3.05, 3.63) is 26.6 Å². The van der Waals surface area contributed by atoms with Gasteiger partial charge in [0.2, 0.25) is 0 Å². The molecule has 2 N–H and O–H groups in total. The van der Waals surface area contributed by atoms with E-state index >= 15 is 0 Å². The Balaban J connectivity index is 3.35. The summed E-state index contributed by atoms with van der Waals surface area (Å²) in [6.07, 6.45) is -1.55. The van der Waals surface area contributed by atoms with E-state index in [9.17, 15) is 13.6 Å². The van der Waals surface area contributed by atoms with Crippen LogP contribution in [0.15, 0.2) is 6.20 Å². The van der Waals surface area contributed by atoms with Crippen molar-refractivity contribution in [1.29, 1.82) is 0 Å². The van der Waals surface area contributed by atoms with Crippen LogP contribution >= 0.6 is 22.6 Å². The van der Waals surface area contributed by atoms with E-state index in [4.69, 9.17) is 10.5 Å². The highest BCUT2D eigenvalue weighted by Gasteiger charge is 2.23. The highest BCUT2D eigenvalue weighted by Crippen LogP contribution is 2.26. The van der Waals surface area contributed by atoms with Crippen LogP contribution in [0.5, 0.6) is 0 Å². The van der Waals surface area contributed by atoms with Crippen LogP contribution in [0.3, 0.4) is 0 Å². The van der Waals surface area contributed by atoms with E-state index in [1.54, 1.807) is 6.92 Å². The van der Waals surface area contributed by atoms with E-state index in [2.05, 4.69) is 4.98 Å². The molecule has 0 aliphatic rings. The number of ether oxygens (including phenoxy) is 1. The molecule has 17 heavy (non-hydrogen) atoms. The molecule has 4 nitrogen and oxygen atoms in total. The van der Waals surface area contributed by atoms with Crippen LogP contribution in [0, 0.1) is 3.57 Å². The predicted molar refractivity (Wildman–Crippen MR) is 65.8 cm³/mol. The molecule has 0 atom stereocenters. The number of carbonyl (C=O) groups excluding carboxylic acids is 1. The predicted octanol–water partition coefficient (Wildman–Crippen LogP) is 2.26. The maximum absolute atomic E-state index is 12.7. The van der Waals surface area contributed by atoms with E-state index in [0.717, 1.165) is 0 Å². The minimum atomic E-state index is -2.77. The first-order valence-electron chi connectivity index (χ1n) is 4.85. The fourth-order valence-corrected chi connectivity index (χ4v) is 2.04. The highest BCUT2D eigenvalue weighted by molar-refractivity contribution is 14.1. The fraction of sp³-hybridized carbons (Fsp3) is 0.400. The van der Waals surface area contributed by atoms with Gasteiger partial charge in [0.15, 0.2) is 0 Å². The molecule has 0 saturated heterocycles. The Morgan fingerprint density at radius 3 is 2.76 bits per heavy atom. The lowest BCUT2D eigenvalue weighted by Gasteiger charge is -2.12. The molecule has 0 aliphatic carbocycles. The number of nitrogens with two attached hydrogens (primary N) is 1. The number of halogens is 3. The highest BCUT2D eigenvalue weighted by atomic mass is 127. The van der Waals surface area contributed by atoms with Crippen molar-refractivity contribution >= 4 is 28.6 Å². The Labute approximate surface area is 111 Å². The van der Waals surface area contributed by atoms with E-state index in [-0.39, 0.29) is 24.3 Å². The molecule has 0 aliphatic heterocycles. The Morgan fingerprint density at radius 2 is 2.29 bits per heavy atom. The molecule has 0 fully saturated rings. The lowest BCUT2D eigenvalue weighted by Crippen LogP contribution is -2.16. The van der Waals surface area contributed by atoms with Gasteiger partial charge in [0, 0.05) is 21.9 Å². The van der Waals surface area contributed by atoms with Gasteiger partial charge in [0.05, 0.1) is 12.2 Å². The molecule has 7 heteroatoms. The molecular formula is C10H11F2IN2O2. The summed E-state index contributed by atoms with van der Waals surface area (Å²) in [6.45, 7) is 1.63. The summed E-state index contributed by atoms with van der Waals surface area (Å²) >= 11 is 1.84. The van der Waals surface area contributed by atoms with Gasteiger partial charge >= 0.3 is 5.97 Å². The summed E-state index contributed by atoms with van der Waals surface area (Å²) in [7, 11) is 0. The summed E-state index contributed by atoms with van der Waals surface area (Å²) in [5.74, 6) is -0.651. The quantitative estimate of drug-likeness (QED) is 0.664. The van der Waals surface area contributed by atoms with Crippen LogP contribution in [0.2, 0.25) is 0 Å². The number of rotatable bonds is 4. The minimum Gasteiger partial charge on any atom is -0.462 e. The van der Waals surface area contributed by atoms with Gasteiger partial charge in [-0.05, 0) is 29.5 Å². The van der Waals surface area contributed by atoms with Gasteiger partial charge in [-0.1, -0.05) is 0 Å². The topological polar surface area (TPSA) is 65.2 Å². The molecular weight excluding hydrogens is 345 g/mol. The maximum Gasteiger partial charge on any atom is 0.339 e. The standard InChI is InChI=1S/C10H11F2IN2O2/c1-2-17-10(16)7-5(3-14)8(9(11)12)15-4-6(7)13/h4,9H,2-3,14H2,1H3. The number of carbonyl (C=O) groups is 1. The van der Waals surface area contributed by atoms with Crippen molar-refractivity contribution < 1.29 is 18.3 Å². The molecule has 0 spiro atoms. The fourth-order valence-electron chi connectivity index (χ4n) is 1.36. The van der Waals surface area contributed by atoms with E-state index in [1.807, 2.05) is 22.6 Å². The molecule has 0 amide bonds. The molecule has 1 rings (SSSR count). The first kappa shape index (κ1) is 14.2. The molecule has 94 valence electrons. The zero-order chi connectivity index (χ0) is 13.0. The van der Waals surface area contributed by atoms with Crippen molar-refractivity contribution in [3.8, 4) is 0 Å². The number of nitrogens with zero attached hydrogens (tertiary/aromatic N) is 1. The zero-order valence-electron chi connectivity index (χ0n) is 9.04. The minimum absolute atomic E-state index is 0.0466. The number of esters is 1. The third-order valence-electron chi connectivity index (χ3n) is 2.06. The number of aromatic nitrogens is 1. The Kier molecular flexibility index (Phi) is 5.19. The number of hydrogen-bond acceptors (Lipinski definition) is 4. The van der Waals surface area contributed by atoms with Gasteiger partial charge in [-0.2, -0.15) is 0 Å². The van der Waals surface area contributed by atoms with Crippen molar-refractivity contribution in [1.82, 2.24) is 4.98 Å². The summed E-state index contributed by atoms with van der Waals surface area (Å²) in [4.78, 5) is 15.3. The van der Waals surface area contributed by atoms with E-state index in [1.165, 1.54) is 6.20 Å². The molecule has 0 saturated carbocycles. The third-order valence-corrected chi connectivity index (χ3v) is 2.88. The van der Waals surface area contributed by atoms with Gasteiger partial charge in [-0.15, -0.1) is 0 Å². The average Bonchev–Trinajstić information content (AvgIpc) is 2.28. The average molecular weight is 356 g/mol. The Bertz CT molecular complexity index is 427. The second kappa shape index (κ2) is 6.20. The SMILES string of the molecule is CCOC(=O)c1c(I)cnc(C(F)F)c1CN. The van der Waals surface area contributed by atoms with E-state index in [0.29, 0.717) is 3.57 Å². The molecule has 0 unspecified atom stereocenters. The Morgan fingerprint density at radius 1 is 1.65 bits per heavy atom. The van der Waals surface area contributed by atoms with Crippen LogP contribution in [0.25, 0.3) is 0 Å². The largest absolute Gasteiger partial charge is 0.462 e. The maximum atomic E-state index is 12.7. The van der Waals surface area contributed by atoms with Crippen molar-refractivity contribution in [2.24, 2.45) is 5.73 Å². The van der Waals surface area contributed by atoms with Crippen LogP contribution in [0.1, 0.15) is 35.0 Å². The molecule has 1 aromatic heterocycles. The smallest absolute Gasteiger partial charge is 0.339 e. The van der Waals surface area contributed by atoms with Crippen LogP contribution in [-0.2, 0) is 11.3 Å². The first-order valence-corrected chi connectivity index (χ1v) is 5.93. The normalized spacial score (nSPS) is 10.7. The third kappa shape index (κ3) is 3.09. The van der Waals surface area contributed by atoms with Gasteiger partial charge in [0.25, 0.3) is 6.43 Å². The number of alkyl halides is 2. The van der Waals surface area contributed by atoms with Crippen LogP contribution in [0.4, 0.5) is 8.78 Å². The molecule has 0 aromatic carbocycles. The van der Waals surface area contributed by atoms with Crippen LogP contribution in [-0.4, -0.2) is 17.6 Å². The van der Waals surface area contributed by atoms with E-state index < -0.39 is 18.1 Å². The second-order valence-corrected chi connectivity index (χ2v) is 4.23. The molecule has 1 aromatic rings. The summed E-state index contributed by atoms with van der Waals surface area (Å²) < 4.78 is 30.7. The molecule has 0 radical (unpaired) electrons. The van der Waals surface area contributed by atoms with Gasteiger partial charge < -0.3 is 10.5 Å². The lowest BCUT2D eigenvalue weighted by molar-refractivity contribution is 0.0522. The van der Waals surface area contributed by atoms with Crippen molar-refractivity contribution in [3.63, 3.8) is 0 Å². The van der Waals surface area contributed by atoms with Crippen molar-refractivity contribution in [2.45, 2.75) is 19.9 Å². The summed E-state index contributed by atoms with van der Waals surface area (Å²) in [5.41, 5.74) is 5.08. The zero-order valence-corrected chi connectivity index (χ0v) is 11.2. The van der Waals surface area contributed by atoms with Gasteiger partial charge in [-0.3, -0.25) is 4.98 Å². The monoisotopic (exact) mass is 356 g/mol. The number of hydrogen-bond donors (Lipinski definition) is 1. The molecule has 1 heterocycles. The van der Waals surface area contributed by atoms with Crippen molar-refractivity contribution in [2.75, 3.05) is 6.61 Å². The summed E-state index contributed by atoms with van der Waals surface area (Å²) in [5, 5.41) is 0.